The Kier molecular flexibility index (Phi) is 7.29. The van der Waals surface area contributed by atoms with Gasteiger partial charge in [-0.25, -0.2) is 0 Å². The topological polar surface area (TPSA) is 3.24 Å². The van der Waals surface area contributed by atoms with Crippen LogP contribution in [0.5, 0.6) is 0 Å². The Morgan fingerprint density at radius 3 is 2.05 bits per heavy atom. The Morgan fingerprint density at radius 1 is 0.900 bits per heavy atom. The largest absolute Gasteiger partial charge is 0.302 e. The lowest BCUT2D eigenvalue weighted by Gasteiger charge is -2.19. The molecule has 0 saturated carbocycles. The maximum Gasteiger partial charge on any atom is 0.0230 e. The summed E-state index contributed by atoms with van der Waals surface area (Å²) >= 11 is 0. The first kappa shape index (κ1) is 17.2. The Balaban J connectivity index is 2.37. The van der Waals surface area contributed by atoms with Gasteiger partial charge in [-0.15, -0.1) is 0 Å². The fraction of sp³-hybridized carbons (Fsp3) is 0.684. The minimum Gasteiger partial charge on any atom is -0.302 e. The quantitative estimate of drug-likeness (QED) is 0.583. The van der Waals surface area contributed by atoms with E-state index < -0.39 is 0 Å². The van der Waals surface area contributed by atoms with Gasteiger partial charge in [0.05, 0.1) is 0 Å². The highest BCUT2D eigenvalue weighted by molar-refractivity contribution is 5.23. The first-order valence-electron chi connectivity index (χ1n) is 8.17. The minimum absolute atomic E-state index is 0.373. The van der Waals surface area contributed by atoms with E-state index in [0.717, 1.165) is 13.0 Å². The maximum atomic E-state index is 2.44. The average molecular weight is 275 g/mol. The highest BCUT2D eigenvalue weighted by Gasteiger charge is 2.11. The lowest BCUT2D eigenvalue weighted by molar-refractivity contribution is 0.317. The van der Waals surface area contributed by atoms with Crippen molar-refractivity contribution in [2.45, 2.75) is 66.3 Å². The molecule has 0 aliphatic heterocycles. The van der Waals surface area contributed by atoms with E-state index >= 15 is 0 Å². The van der Waals surface area contributed by atoms with Crippen LogP contribution >= 0.6 is 0 Å². The van der Waals surface area contributed by atoms with Crippen molar-refractivity contribution >= 4 is 0 Å². The number of nitrogens with zero attached hydrogens (tertiary/aromatic N) is 1. The summed E-state index contributed by atoms with van der Waals surface area (Å²) in [5.41, 5.74) is 3.25. The third kappa shape index (κ3) is 7.69. The van der Waals surface area contributed by atoms with Gasteiger partial charge in [-0.2, -0.15) is 0 Å². The smallest absolute Gasteiger partial charge is 0.0230 e. The highest BCUT2D eigenvalue weighted by Crippen LogP contribution is 2.20. The van der Waals surface area contributed by atoms with Crippen LogP contribution in [0.15, 0.2) is 24.3 Å². The summed E-state index contributed by atoms with van der Waals surface area (Å²) in [7, 11) is 2.23. The Bertz CT molecular complexity index is 358. The summed E-state index contributed by atoms with van der Waals surface area (Å²) in [6.07, 6.45) is 6.53. The molecule has 0 saturated heterocycles. The second-order valence-corrected chi connectivity index (χ2v) is 7.35. The minimum atomic E-state index is 0.373. The van der Waals surface area contributed by atoms with Crippen molar-refractivity contribution < 1.29 is 0 Å². The SMILES string of the molecule is CCCCCCN(C)Cc1ccc(CC(C)(C)C)cc1. The van der Waals surface area contributed by atoms with Crippen molar-refractivity contribution in [3.63, 3.8) is 0 Å². The Labute approximate surface area is 126 Å². The van der Waals surface area contributed by atoms with E-state index in [2.05, 4.69) is 63.9 Å². The number of hydrogen-bond donors (Lipinski definition) is 0. The zero-order chi connectivity index (χ0) is 15.0. The van der Waals surface area contributed by atoms with E-state index in [0.29, 0.717) is 5.41 Å². The predicted octanol–water partition coefficient (Wildman–Crippen LogP) is 5.29. The van der Waals surface area contributed by atoms with E-state index in [-0.39, 0.29) is 0 Å². The molecule has 1 rings (SSSR count). The van der Waals surface area contributed by atoms with Gasteiger partial charge in [-0.1, -0.05) is 71.2 Å². The highest BCUT2D eigenvalue weighted by atomic mass is 15.1. The number of rotatable bonds is 8. The van der Waals surface area contributed by atoms with Crippen LogP contribution in [0.3, 0.4) is 0 Å². The molecular formula is C19H33N. The molecule has 0 atom stereocenters. The zero-order valence-corrected chi connectivity index (χ0v) is 14.2. The van der Waals surface area contributed by atoms with Crippen molar-refractivity contribution in [2.75, 3.05) is 13.6 Å². The van der Waals surface area contributed by atoms with Crippen molar-refractivity contribution in [1.82, 2.24) is 4.90 Å². The maximum absolute atomic E-state index is 2.44. The molecule has 1 aromatic carbocycles. The van der Waals surface area contributed by atoms with Crippen LogP contribution in [-0.2, 0) is 13.0 Å². The molecule has 0 unspecified atom stereocenters. The molecule has 0 aromatic heterocycles. The third-order valence-corrected chi connectivity index (χ3v) is 3.60. The van der Waals surface area contributed by atoms with Gasteiger partial charge in [-0.05, 0) is 43.0 Å². The first-order valence-corrected chi connectivity index (χ1v) is 8.17. The fourth-order valence-corrected chi connectivity index (χ4v) is 2.57. The molecule has 0 radical (unpaired) electrons. The second kappa shape index (κ2) is 8.46. The third-order valence-electron chi connectivity index (χ3n) is 3.60. The molecule has 114 valence electrons. The van der Waals surface area contributed by atoms with Crippen LogP contribution < -0.4 is 0 Å². The molecule has 0 bridgehead atoms. The molecule has 0 heterocycles. The van der Waals surface area contributed by atoms with E-state index in [4.69, 9.17) is 0 Å². The average Bonchev–Trinajstić information content (AvgIpc) is 2.35. The lowest BCUT2D eigenvalue weighted by Crippen LogP contribution is -2.19. The molecule has 1 nitrogen and oxygen atoms in total. The van der Waals surface area contributed by atoms with Gasteiger partial charge >= 0.3 is 0 Å². The fourth-order valence-electron chi connectivity index (χ4n) is 2.57. The van der Waals surface area contributed by atoms with Gasteiger partial charge in [-0.3, -0.25) is 0 Å². The van der Waals surface area contributed by atoms with Crippen LogP contribution in [0, 0.1) is 5.41 Å². The van der Waals surface area contributed by atoms with E-state index in [1.54, 1.807) is 0 Å². The predicted molar refractivity (Wildman–Crippen MR) is 90.1 cm³/mol. The normalized spacial score (nSPS) is 12.1. The van der Waals surface area contributed by atoms with Crippen LogP contribution in [0.25, 0.3) is 0 Å². The van der Waals surface area contributed by atoms with Crippen molar-refractivity contribution in [1.29, 1.82) is 0 Å². The molecule has 0 N–H and O–H groups in total. The van der Waals surface area contributed by atoms with Gasteiger partial charge < -0.3 is 4.90 Å². The van der Waals surface area contributed by atoms with Crippen LogP contribution in [0.4, 0.5) is 0 Å². The molecule has 20 heavy (non-hydrogen) atoms. The van der Waals surface area contributed by atoms with Crippen LogP contribution in [0.2, 0.25) is 0 Å². The summed E-state index contributed by atoms with van der Waals surface area (Å²) in [4.78, 5) is 2.44. The van der Waals surface area contributed by atoms with Crippen molar-refractivity contribution in [2.24, 2.45) is 5.41 Å². The summed E-state index contributed by atoms with van der Waals surface area (Å²) < 4.78 is 0. The lowest BCUT2D eigenvalue weighted by atomic mass is 9.88. The first-order chi connectivity index (χ1) is 9.40. The molecule has 0 spiro atoms. The molecule has 0 aliphatic rings. The number of benzene rings is 1. The molecule has 0 amide bonds. The van der Waals surface area contributed by atoms with Crippen LogP contribution in [-0.4, -0.2) is 18.5 Å². The van der Waals surface area contributed by atoms with E-state index in [1.807, 2.05) is 0 Å². The molecule has 0 fully saturated rings. The van der Waals surface area contributed by atoms with Crippen molar-refractivity contribution in [3.8, 4) is 0 Å². The van der Waals surface area contributed by atoms with Gasteiger partial charge in [0.25, 0.3) is 0 Å². The van der Waals surface area contributed by atoms with Gasteiger partial charge in [0.2, 0.25) is 0 Å². The van der Waals surface area contributed by atoms with E-state index in [1.165, 1.54) is 43.4 Å². The number of unbranched alkanes of at least 4 members (excludes halogenated alkanes) is 3. The molecule has 1 heteroatoms. The summed E-state index contributed by atoms with van der Waals surface area (Å²) in [6.45, 7) is 11.4. The monoisotopic (exact) mass is 275 g/mol. The van der Waals surface area contributed by atoms with Gasteiger partial charge in [0.15, 0.2) is 0 Å². The zero-order valence-electron chi connectivity index (χ0n) is 14.2. The summed E-state index contributed by atoms with van der Waals surface area (Å²) in [5, 5.41) is 0. The van der Waals surface area contributed by atoms with Crippen molar-refractivity contribution in [3.05, 3.63) is 35.4 Å². The second-order valence-electron chi connectivity index (χ2n) is 7.35. The van der Waals surface area contributed by atoms with E-state index in [9.17, 15) is 0 Å². The Morgan fingerprint density at radius 2 is 1.50 bits per heavy atom. The van der Waals surface area contributed by atoms with Crippen LogP contribution in [0.1, 0.15) is 64.5 Å². The number of hydrogen-bond acceptors (Lipinski definition) is 1. The summed E-state index contributed by atoms with van der Waals surface area (Å²) in [6, 6.07) is 9.18. The van der Waals surface area contributed by atoms with Gasteiger partial charge in [0, 0.05) is 6.54 Å². The summed E-state index contributed by atoms with van der Waals surface area (Å²) in [5.74, 6) is 0. The molecular weight excluding hydrogens is 242 g/mol. The molecule has 0 aliphatic carbocycles. The standard InChI is InChI=1S/C19H33N/c1-6-7-8-9-14-20(5)16-18-12-10-17(11-13-18)15-19(2,3)4/h10-13H,6-9,14-16H2,1-5H3. The van der Waals surface area contributed by atoms with Gasteiger partial charge in [0.1, 0.15) is 0 Å². The molecule has 1 aromatic rings. The Hall–Kier alpha value is -0.820.